The van der Waals surface area contributed by atoms with Crippen molar-refractivity contribution in [2.45, 2.75) is 78.3 Å². The van der Waals surface area contributed by atoms with Crippen LogP contribution in [0, 0.1) is 6.92 Å². The van der Waals surface area contributed by atoms with Gasteiger partial charge in [-0.05, 0) is 87.1 Å². The lowest BCUT2D eigenvalue weighted by Crippen LogP contribution is -2.58. The Kier molecular flexibility index (Phi) is 9.90. The van der Waals surface area contributed by atoms with E-state index in [2.05, 4.69) is 79.3 Å². The average molecular weight is 517 g/mol. The molecule has 2 aliphatic heterocycles. The zero-order valence-electron chi connectivity index (χ0n) is 24.4. The third-order valence-corrected chi connectivity index (χ3v) is 8.47. The van der Waals surface area contributed by atoms with E-state index < -0.39 is 0 Å². The highest BCUT2D eigenvalue weighted by molar-refractivity contribution is 5.64. The summed E-state index contributed by atoms with van der Waals surface area (Å²) in [6.45, 7) is 18.7. The summed E-state index contributed by atoms with van der Waals surface area (Å²) in [7, 11) is 1.71. The van der Waals surface area contributed by atoms with Gasteiger partial charge in [0.1, 0.15) is 5.75 Å². The van der Waals surface area contributed by atoms with Crippen LogP contribution < -0.4 is 9.64 Å². The molecule has 4 rings (SSSR count). The largest absolute Gasteiger partial charge is 0.497 e. The van der Waals surface area contributed by atoms with Gasteiger partial charge in [0, 0.05) is 50.5 Å². The van der Waals surface area contributed by atoms with E-state index in [0.29, 0.717) is 12.1 Å². The summed E-state index contributed by atoms with van der Waals surface area (Å²) in [6.07, 6.45) is 9.53. The number of aryl methyl sites for hydroxylation is 1. The van der Waals surface area contributed by atoms with E-state index in [4.69, 9.17) is 9.72 Å². The molecule has 3 heterocycles. The van der Waals surface area contributed by atoms with Crippen molar-refractivity contribution in [2.24, 2.45) is 0 Å². The first-order chi connectivity index (χ1) is 18.4. The van der Waals surface area contributed by atoms with Gasteiger partial charge in [0.15, 0.2) is 0 Å². The summed E-state index contributed by atoms with van der Waals surface area (Å²) in [4.78, 5) is 12.9. The summed E-state index contributed by atoms with van der Waals surface area (Å²) in [5.41, 5.74) is 7.17. The van der Waals surface area contributed by atoms with E-state index >= 15 is 0 Å². The fourth-order valence-electron chi connectivity index (χ4n) is 6.22. The molecule has 0 saturated carbocycles. The Morgan fingerprint density at radius 1 is 1.05 bits per heavy atom. The number of aromatic nitrogens is 1. The molecule has 5 heteroatoms. The number of nitrogens with zero attached hydrogens (tertiary/aromatic N) is 4. The summed E-state index contributed by atoms with van der Waals surface area (Å²) in [6, 6.07) is 14.1. The van der Waals surface area contributed by atoms with Crippen LogP contribution in [0.5, 0.6) is 5.75 Å². The minimum absolute atomic E-state index is 0.603. The molecule has 1 atom stereocenters. The third-order valence-electron chi connectivity index (χ3n) is 8.47. The van der Waals surface area contributed by atoms with Crippen molar-refractivity contribution in [2.75, 3.05) is 44.7 Å². The maximum Gasteiger partial charge on any atom is 0.118 e. The molecule has 1 aromatic heterocycles. The predicted molar refractivity (Wildman–Crippen MR) is 162 cm³/mol. The van der Waals surface area contributed by atoms with E-state index in [1.165, 1.54) is 48.9 Å². The molecule has 5 nitrogen and oxygen atoms in total. The Bertz CT molecular complexity index is 1080. The molecule has 1 aromatic carbocycles. The maximum atomic E-state index is 5.32. The normalized spacial score (nSPS) is 19.6. The molecule has 1 unspecified atom stereocenters. The minimum atomic E-state index is 0.603. The van der Waals surface area contributed by atoms with Crippen molar-refractivity contribution < 1.29 is 4.74 Å². The Morgan fingerprint density at radius 2 is 1.79 bits per heavy atom. The molecule has 0 radical (unpaired) electrons. The Balaban J connectivity index is 1.39. The molecule has 206 valence electrons. The average Bonchev–Trinajstić information content (AvgIpc) is 2.96. The molecular formula is C33H48N4O. The molecule has 0 amide bonds. The van der Waals surface area contributed by atoms with E-state index in [0.717, 1.165) is 62.0 Å². The zero-order valence-corrected chi connectivity index (χ0v) is 24.4. The second kappa shape index (κ2) is 13.3. The van der Waals surface area contributed by atoms with Crippen LogP contribution >= 0.6 is 0 Å². The lowest BCUT2D eigenvalue weighted by molar-refractivity contribution is 0.0735. The molecule has 0 N–H and O–H groups in total. The van der Waals surface area contributed by atoms with Crippen LogP contribution in [-0.4, -0.2) is 66.7 Å². The van der Waals surface area contributed by atoms with E-state index in [-0.39, 0.29) is 0 Å². The van der Waals surface area contributed by atoms with Crippen LogP contribution in [0.4, 0.5) is 5.69 Å². The number of rotatable bonds is 10. The number of hydrogen-bond donors (Lipinski definition) is 0. The minimum Gasteiger partial charge on any atom is -0.497 e. The van der Waals surface area contributed by atoms with Gasteiger partial charge in [0.2, 0.25) is 0 Å². The number of piperazine rings is 1. The molecule has 0 bridgehead atoms. The molecule has 38 heavy (non-hydrogen) atoms. The van der Waals surface area contributed by atoms with Gasteiger partial charge in [-0.1, -0.05) is 39.3 Å². The van der Waals surface area contributed by atoms with Gasteiger partial charge in [-0.15, -0.1) is 0 Å². The predicted octanol–water partition coefficient (Wildman–Crippen LogP) is 7.03. The standard InChI is InChI=1S/C33H48N4O/c1-7-9-11-30-24-36(33-17-16-32(34-26(33)4)25(3)10-8-2)22-23-37(30)29-18-20-35(21-19-29)27(5)28-12-14-31(38-6)15-13-28/h10,12-17,29-30H,5,7-9,11,18-24H2,1-4,6H3/b25-10+. The maximum absolute atomic E-state index is 5.32. The van der Waals surface area contributed by atoms with Gasteiger partial charge in [-0.25, -0.2) is 0 Å². The van der Waals surface area contributed by atoms with Crippen molar-refractivity contribution in [3.63, 3.8) is 0 Å². The van der Waals surface area contributed by atoms with Crippen LogP contribution in [0.1, 0.15) is 76.2 Å². The Labute approximate surface area is 231 Å². The summed E-state index contributed by atoms with van der Waals surface area (Å²) in [5.74, 6) is 0.892. The van der Waals surface area contributed by atoms with Crippen LogP contribution in [0.3, 0.4) is 0 Å². The number of anilines is 1. The summed E-state index contributed by atoms with van der Waals surface area (Å²) < 4.78 is 5.32. The van der Waals surface area contributed by atoms with Gasteiger partial charge in [0.05, 0.1) is 24.2 Å². The number of allylic oxidation sites excluding steroid dienone is 2. The number of hydrogen-bond acceptors (Lipinski definition) is 5. The van der Waals surface area contributed by atoms with Gasteiger partial charge >= 0.3 is 0 Å². The number of unbranched alkanes of at least 4 members (excludes halogenated alkanes) is 1. The Morgan fingerprint density at radius 3 is 2.42 bits per heavy atom. The lowest BCUT2D eigenvalue weighted by Gasteiger charge is -2.49. The van der Waals surface area contributed by atoms with Gasteiger partial charge in [-0.3, -0.25) is 9.88 Å². The number of ether oxygens (including phenoxy) is 1. The van der Waals surface area contributed by atoms with Gasteiger partial charge in [0.25, 0.3) is 0 Å². The van der Waals surface area contributed by atoms with Crippen LogP contribution in [-0.2, 0) is 0 Å². The molecule has 2 aromatic rings. The zero-order chi connectivity index (χ0) is 27.1. The number of likely N-dealkylation sites (tertiary alicyclic amines) is 1. The van der Waals surface area contributed by atoms with Crippen molar-refractivity contribution >= 4 is 17.0 Å². The van der Waals surface area contributed by atoms with E-state index in [9.17, 15) is 0 Å². The quantitative estimate of drug-likeness (QED) is 0.338. The van der Waals surface area contributed by atoms with E-state index in [1.807, 2.05) is 12.1 Å². The highest BCUT2D eigenvalue weighted by Gasteiger charge is 2.34. The smallest absolute Gasteiger partial charge is 0.118 e. The molecule has 0 aliphatic carbocycles. The first kappa shape index (κ1) is 28.2. The summed E-state index contributed by atoms with van der Waals surface area (Å²) >= 11 is 0. The fourth-order valence-corrected chi connectivity index (χ4v) is 6.22. The third kappa shape index (κ3) is 6.61. The van der Waals surface area contributed by atoms with Crippen LogP contribution in [0.15, 0.2) is 49.1 Å². The number of piperidine rings is 1. The first-order valence-corrected chi connectivity index (χ1v) is 14.7. The van der Waals surface area contributed by atoms with Crippen molar-refractivity contribution in [3.05, 3.63) is 66.0 Å². The van der Waals surface area contributed by atoms with Crippen molar-refractivity contribution in [3.8, 4) is 5.75 Å². The van der Waals surface area contributed by atoms with Crippen LogP contribution in [0.25, 0.3) is 11.3 Å². The SMILES string of the molecule is C=C(c1ccc(OC)cc1)N1CCC(N2CCN(c3ccc(/C(C)=C/CC)nc3C)CC2CCCC)CC1. The topological polar surface area (TPSA) is 31.8 Å². The fraction of sp³-hybridized carbons (Fsp3) is 0.545. The van der Waals surface area contributed by atoms with Crippen molar-refractivity contribution in [1.82, 2.24) is 14.8 Å². The number of benzene rings is 1. The second-order valence-electron chi connectivity index (χ2n) is 11.0. The number of pyridine rings is 1. The molecule has 0 spiro atoms. The van der Waals surface area contributed by atoms with E-state index in [1.54, 1.807) is 7.11 Å². The number of methoxy groups -OCH3 is 1. The molecule has 2 fully saturated rings. The monoisotopic (exact) mass is 516 g/mol. The van der Waals surface area contributed by atoms with Gasteiger partial charge in [-0.2, -0.15) is 0 Å². The highest BCUT2D eigenvalue weighted by Crippen LogP contribution is 2.31. The molecule has 2 aliphatic rings. The molecule has 2 saturated heterocycles. The second-order valence-corrected chi connectivity index (χ2v) is 11.0. The van der Waals surface area contributed by atoms with Crippen molar-refractivity contribution in [1.29, 1.82) is 0 Å². The Hall–Kier alpha value is -2.79. The highest BCUT2D eigenvalue weighted by atomic mass is 16.5. The van der Waals surface area contributed by atoms with Gasteiger partial charge < -0.3 is 14.5 Å². The summed E-state index contributed by atoms with van der Waals surface area (Å²) in [5, 5.41) is 0. The lowest BCUT2D eigenvalue weighted by atomic mass is 9.95. The molecular weight excluding hydrogens is 468 g/mol. The first-order valence-electron chi connectivity index (χ1n) is 14.7. The van der Waals surface area contributed by atoms with Crippen LogP contribution in [0.2, 0.25) is 0 Å².